The summed E-state index contributed by atoms with van der Waals surface area (Å²) in [7, 11) is 0. The van der Waals surface area contributed by atoms with Gasteiger partial charge < -0.3 is 25.6 Å². The molecule has 4 N–H and O–H groups in total. The lowest BCUT2D eigenvalue weighted by Crippen LogP contribution is -2.20. The van der Waals surface area contributed by atoms with Crippen molar-refractivity contribution in [3.63, 3.8) is 0 Å². The predicted molar refractivity (Wildman–Crippen MR) is 146 cm³/mol. The van der Waals surface area contributed by atoms with Crippen LogP contribution < -0.4 is 15.4 Å². The van der Waals surface area contributed by atoms with Crippen LogP contribution in [0.15, 0.2) is 108 Å². The number of anilines is 2. The number of carbonyl (C=O) groups excluding carboxylic acids is 2. The van der Waals surface area contributed by atoms with E-state index in [0.717, 1.165) is 10.5 Å². The van der Waals surface area contributed by atoms with Crippen molar-refractivity contribution in [3.05, 3.63) is 114 Å². The Morgan fingerprint density at radius 2 is 1.42 bits per heavy atom. The number of amides is 2. The fourth-order valence-corrected chi connectivity index (χ4v) is 4.53. The molecule has 192 valence electrons. The summed E-state index contributed by atoms with van der Waals surface area (Å²) in [4.78, 5) is 37.6. The molecule has 0 saturated carbocycles. The Balaban J connectivity index is 1.43. The molecule has 0 fully saturated rings. The number of carboxylic acids is 1. The van der Waals surface area contributed by atoms with Crippen LogP contribution in [-0.2, 0) is 9.59 Å². The van der Waals surface area contributed by atoms with Gasteiger partial charge in [-0.1, -0.05) is 48.5 Å². The molecule has 1 unspecified atom stereocenters. The Kier molecular flexibility index (Phi) is 8.63. The first kappa shape index (κ1) is 26.3. The molecule has 0 aliphatic carbocycles. The molecule has 1 atom stereocenters. The van der Waals surface area contributed by atoms with Crippen LogP contribution in [0, 0.1) is 0 Å². The summed E-state index contributed by atoms with van der Waals surface area (Å²) >= 11 is 1.30. The summed E-state index contributed by atoms with van der Waals surface area (Å²) < 4.78 is 5.46. The van der Waals surface area contributed by atoms with Gasteiger partial charge in [0.1, 0.15) is 22.3 Å². The zero-order valence-electron chi connectivity index (χ0n) is 20.0. The molecule has 0 heterocycles. The molecule has 9 heteroatoms. The molecule has 8 nitrogen and oxygen atoms in total. The molecule has 0 bridgehead atoms. The molecule has 2 amide bonds. The highest BCUT2D eigenvalue weighted by molar-refractivity contribution is 8.00. The van der Waals surface area contributed by atoms with Crippen LogP contribution >= 0.6 is 11.8 Å². The number of carbonyl (C=O) groups is 3. The van der Waals surface area contributed by atoms with Gasteiger partial charge in [-0.2, -0.15) is 0 Å². The quantitative estimate of drug-likeness (QED) is 0.156. The minimum atomic E-state index is -1.30. The molecule has 0 aliphatic heterocycles. The number of hydrogen-bond donors (Lipinski definition) is 4. The third-order valence-electron chi connectivity index (χ3n) is 5.34. The first-order valence-corrected chi connectivity index (χ1v) is 12.4. The Morgan fingerprint density at radius 3 is 2.08 bits per heavy atom. The number of aromatic hydroxyl groups is 1. The zero-order valence-corrected chi connectivity index (χ0v) is 20.9. The second-order valence-electron chi connectivity index (χ2n) is 8.11. The van der Waals surface area contributed by atoms with Crippen LogP contribution in [0.1, 0.15) is 21.2 Å². The number of ether oxygens (including phenoxy) is 1. The van der Waals surface area contributed by atoms with Crippen LogP contribution in [0.3, 0.4) is 0 Å². The molecular formula is C29H24N2O6S. The fraction of sp³-hybridized carbons (Fsp3) is 0.0690. The lowest BCUT2D eigenvalue weighted by Gasteiger charge is -2.18. The van der Waals surface area contributed by atoms with Crippen molar-refractivity contribution in [2.75, 3.05) is 17.2 Å². The molecule has 0 aromatic heterocycles. The molecule has 4 aromatic rings. The summed E-state index contributed by atoms with van der Waals surface area (Å²) in [5.41, 5.74) is 1.28. The van der Waals surface area contributed by atoms with Crippen molar-refractivity contribution in [2.24, 2.45) is 0 Å². The Morgan fingerprint density at radius 1 is 0.789 bits per heavy atom. The number of benzene rings is 4. The van der Waals surface area contributed by atoms with Crippen molar-refractivity contribution < 1.29 is 29.3 Å². The number of hydrogen-bond acceptors (Lipinski definition) is 6. The molecule has 4 aromatic carbocycles. The van der Waals surface area contributed by atoms with Crippen molar-refractivity contribution >= 4 is 40.9 Å². The molecule has 0 saturated heterocycles. The summed E-state index contributed by atoms with van der Waals surface area (Å²) in [5, 5.41) is 23.9. The highest BCUT2D eigenvalue weighted by Crippen LogP contribution is 2.37. The van der Waals surface area contributed by atoms with Crippen LogP contribution in [0.25, 0.3) is 0 Å². The van der Waals surface area contributed by atoms with Gasteiger partial charge in [-0.25, -0.2) is 4.79 Å². The van der Waals surface area contributed by atoms with Gasteiger partial charge in [0.15, 0.2) is 6.61 Å². The van der Waals surface area contributed by atoms with E-state index in [1.54, 1.807) is 36.4 Å². The first-order chi connectivity index (χ1) is 18.4. The van der Waals surface area contributed by atoms with E-state index in [-0.39, 0.29) is 35.4 Å². The first-order valence-electron chi connectivity index (χ1n) is 11.6. The van der Waals surface area contributed by atoms with Gasteiger partial charge in [0.05, 0.1) is 0 Å². The van der Waals surface area contributed by atoms with Crippen LogP contribution in [0.5, 0.6) is 11.5 Å². The number of para-hydroxylation sites is 1. The largest absolute Gasteiger partial charge is 0.507 e. The van der Waals surface area contributed by atoms with Gasteiger partial charge in [0.2, 0.25) is 5.91 Å². The van der Waals surface area contributed by atoms with E-state index in [4.69, 9.17) is 4.74 Å². The lowest BCUT2D eigenvalue weighted by molar-refractivity contribution is -0.118. The molecule has 0 spiro atoms. The van der Waals surface area contributed by atoms with E-state index in [9.17, 15) is 24.6 Å². The normalized spacial score (nSPS) is 11.3. The van der Waals surface area contributed by atoms with E-state index in [0.29, 0.717) is 11.4 Å². The average molecular weight is 529 g/mol. The van der Waals surface area contributed by atoms with Crippen molar-refractivity contribution in [2.45, 2.75) is 10.1 Å². The Labute approximate surface area is 223 Å². The minimum Gasteiger partial charge on any atom is -0.507 e. The summed E-state index contributed by atoms with van der Waals surface area (Å²) in [6, 6.07) is 29.2. The average Bonchev–Trinajstić information content (AvgIpc) is 2.93. The number of aromatic carboxylic acids is 1. The lowest BCUT2D eigenvalue weighted by atomic mass is 10.1. The molecule has 0 radical (unpaired) electrons. The van der Waals surface area contributed by atoms with Gasteiger partial charge >= 0.3 is 5.97 Å². The minimum absolute atomic E-state index is 0.127. The smallest absolute Gasteiger partial charge is 0.339 e. The summed E-state index contributed by atoms with van der Waals surface area (Å²) in [6.07, 6.45) is 0. The number of carboxylic acid groups (broad SMARTS) is 1. The highest BCUT2D eigenvalue weighted by Gasteiger charge is 2.23. The monoisotopic (exact) mass is 528 g/mol. The zero-order chi connectivity index (χ0) is 26.9. The predicted octanol–water partition coefficient (Wildman–Crippen LogP) is 5.58. The standard InChI is InChI=1S/C29H24N2O6S/c32-25-16-13-21(17-24(25)29(35)36)31-28(34)27(19-7-3-1-4-8-19)38-23-14-11-20(12-15-23)30-26(33)18-37-22-9-5-2-6-10-22/h1-17,27,32H,18H2,(H,30,33)(H,31,34)(H,35,36). The van der Waals surface area contributed by atoms with Crippen LogP contribution in [0.2, 0.25) is 0 Å². The molecule has 0 aliphatic rings. The SMILES string of the molecule is O=C(COc1ccccc1)Nc1ccc(SC(C(=O)Nc2ccc(O)c(C(=O)O)c2)c2ccccc2)cc1. The van der Waals surface area contributed by atoms with E-state index >= 15 is 0 Å². The van der Waals surface area contributed by atoms with E-state index in [1.807, 2.05) is 48.5 Å². The van der Waals surface area contributed by atoms with Gasteiger partial charge in [-0.05, 0) is 60.2 Å². The van der Waals surface area contributed by atoms with Gasteiger partial charge in [-0.15, -0.1) is 11.8 Å². The maximum atomic E-state index is 13.3. The third kappa shape index (κ3) is 7.14. The summed E-state index contributed by atoms with van der Waals surface area (Å²) in [6.45, 7) is -0.127. The van der Waals surface area contributed by atoms with Crippen LogP contribution in [0.4, 0.5) is 11.4 Å². The molecule has 4 rings (SSSR count). The fourth-order valence-electron chi connectivity index (χ4n) is 3.51. The van der Waals surface area contributed by atoms with E-state index < -0.39 is 11.2 Å². The number of phenols is 1. The number of thioether (sulfide) groups is 1. The van der Waals surface area contributed by atoms with Gasteiger partial charge in [0, 0.05) is 16.3 Å². The second kappa shape index (κ2) is 12.5. The Bertz CT molecular complexity index is 1410. The van der Waals surface area contributed by atoms with E-state index in [1.165, 1.54) is 30.0 Å². The van der Waals surface area contributed by atoms with Gasteiger partial charge in [0.25, 0.3) is 5.91 Å². The number of nitrogens with one attached hydrogen (secondary N) is 2. The molecule has 38 heavy (non-hydrogen) atoms. The maximum absolute atomic E-state index is 13.3. The van der Waals surface area contributed by atoms with Crippen LogP contribution in [-0.4, -0.2) is 34.6 Å². The highest BCUT2D eigenvalue weighted by atomic mass is 32.2. The van der Waals surface area contributed by atoms with Gasteiger partial charge in [-0.3, -0.25) is 9.59 Å². The third-order valence-corrected chi connectivity index (χ3v) is 6.61. The Hall–Kier alpha value is -4.76. The number of rotatable bonds is 10. The second-order valence-corrected chi connectivity index (χ2v) is 9.29. The topological polar surface area (TPSA) is 125 Å². The molecular weight excluding hydrogens is 504 g/mol. The van der Waals surface area contributed by atoms with Crippen molar-refractivity contribution in [1.82, 2.24) is 0 Å². The maximum Gasteiger partial charge on any atom is 0.339 e. The van der Waals surface area contributed by atoms with Crippen molar-refractivity contribution in [1.29, 1.82) is 0 Å². The summed E-state index contributed by atoms with van der Waals surface area (Å²) in [5.74, 6) is -1.75. The van der Waals surface area contributed by atoms with Crippen molar-refractivity contribution in [3.8, 4) is 11.5 Å². The van der Waals surface area contributed by atoms with E-state index in [2.05, 4.69) is 10.6 Å².